The number of sulfonamides is 1. The third-order valence-corrected chi connectivity index (χ3v) is 6.48. The maximum absolute atomic E-state index is 12.9. The molecule has 0 aromatic heterocycles. The van der Waals surface area contributed by atoms with Crippen LogP contribution in [0.2, 0.25) is 0 Å². The summed E-state index contributed by atoms with van der Waals surface area (Å²) in [5, 5.41) is 5.84. The number of benzene rings is 2. The fourth-order valence-corrected chi connectivity index (χ4v) is 4.92. The number of carbonyl (C=O) groups excluding carboxylic acids is 1. The average molecular weight is 418 g/mol. The van der Waals surface area contributed by atoms with E-state index in [2.05, 4.69) is 10.6 Å². The first-order valence-corrected chi connectivity index (χ1v) is 11.0. The molecule has 0 bridgehead atoms. The van der Waals surface area contributed by atoms with Gasteiger partial charge in [-0.2, -0.15) is 4.31 Å². The van der Waals surface area contributed by atoms with Crippen LogP contribution in [-0.2, 0) is 19.6 Å². The van der Waals surface area contributed by atoms with E-state index < -0.39 is 10.0 Å². The highest BCUT2D eigenvalue weighted by molar-refractivity contribution is 7.89. The minimum Gasteiger partial charge on any atom is -0.376 e. The number of morpholine rings is 1. The van der Waals surface area contributed by atoms with E-state index in [-0.39, 0.29) is 29.6 Å². The van der Waals surface area contributed by atoms with Crippen LogP contribution < -0.4 is 10.6 Å². The molecule has 2 atom stereocenters. The summed E-state index contributed by atoms with van der Waals surface area (Å²) >= 11 is 0. The molecule has 1 amide bonds. The van der Waals surface area contributed by atoms with Crippen molar-refractivity contribution >= 4 is 27.3 Å². The zero-order chi connectivity index (χ0) is 21.0. The van der Waals surface area contributed by atoms with Gasteiger partial charge in [0.05, 0.1) is 23.6 Å². The molecule has 7 nitrogen and oxygen atoms in total. The lowest BCUT2D eigenvalue weighted by molar-refractivity contribution is -0.114. The molecule has 2 aromatic rings. The smallest absolute Gasteiger partial charge is 0.243 e. The summed E-state index contributed by atoms with van der Waals surface area (Å²) in [5.41, 5.74) is 2.52. The van der Waals surface area contributed by atoms with Gasteiger partial charge in [-0.05, 0) is 62.7 Å². The van der Waals surface area contributed by atoms with Gasteiger partial charge in [0, 0.05) is 24.5 Å². The molecule has 1 aliphatic heterocycles. The second-order valence-corrected chi connectivity index (χ2v) is 9.31. The molecule has 2 aromatic carbocycles. The minimum absolute atomic E-state index is 0.118. The molecule has 3 rings (SSSR count). The highest BCUT2D eigenvalue weighted by Gasteiger charge is 2.32. The molecule has 1 heterocycles. The van der Waals surface area contributed by atoms with E-state index in [9.17, 15) is 13.2 Å². The van der Waals surface area contributed by atoms with Crippen molar-refractivity contribution in [2.75, 3.05) is 30.3 Å². The Kier molecular flexibility index (Phi) is 6.56. The molecule has 0 aliphatic carbocycles. The highest BCUT2D eigenvalue weighted by atomic mass is 32.2. The predicted octanol–water partition coefficient (Wildman–Crippen LogP) is 2.84. The number of hydrogen-bond donors (Lipinski definition) is 2. The molecule has 0 radical (unpaired) electrons. The first-order chi connectivity index (χ1) is 13.7. The molecular weight excluding hydrogens is 390 g/mol. The fraction of sp³-hybridized carbons (Fsp3) is 0.381. The number of hydrogen-bond acceptors (Lipinski definition) is 5. The summed E-state index contributed by atoms with van der Waals surface area (Å²) in [6.45, 7) is 6.49. The second kappa shape index (κ2) is 8.94. The number of anilines is 2. The van der Waals surface area contributed by atoms with Crippen LogP contribution in [0.4, 0.5) is 11.4 Å². The van der Waals surface area contributed by atoms with E-state index in [1.807, 2.05) is 45.0 Å². The normalized spacial score (nSPS) is 20.2. The largest absolute Gasteiger partial charge is 0.376 e. The van der Waals surface area contributed by atoms with Gasteiger partial charge in [0.15, 0.2) is 0 Å². The fourth-order valence-electron chi connectivity index (χ4n) is 3.33. The van der Waals surface area contributed by atoms with Crippen LogP contribution in [0.25, 0.3) is 0 Å². The Bertz CT molecular complexity index is 950. The van der Waals surface area contributed by atoms with Crippen molar-refractivity contribution < 1.29 is 17.9 Å². The van der Waals surface area contributed by atoms with Crippen LogP contribution in [0.3, 0.4) is 0 Å². The van der Waals surface area contributed by atoms with Gasteiger partial charge >= 0.3 is 0 Å². The summed E-state index contributed by atoms with van der Waals surface area (Å²) in [6.07, 6.45) is -0.291. The van der Waals surface area contributed by atoms with Crippen molar-refractivity contribution in [2.24, 2.45) is 0 Å². The van der Waals surface area contributed by atoms with Gasteiger partial charge in [-0.3, -0.25) is 4.79 Å². The maximum atomic E-state index is 12.9. The van der Waals surface area contributed by atoms with Gasteiger partial charge in [-0.25, -0.2) is 8.42 Å². The van der Waals surface area contributed by atoms with Crippen LogP contribution in [-0.4, -0.2) is 50.5 Å². The van der Waals surface area contributed by atoms with Crippen molar-refractivity contribution in [1.29, 1.82) is 0 Å². The van der Waals surface area contributed by atoms with Crippen LogP contribution >= 0.6 is 0 Å². The topological polar surface area (TPSA) is 87.7 Å². The quantitative estimate of drug-likeness (QED) is 0.755. The Hall–Kier alpha value is -2.42. The number of ether oxygens (including phenoxy) is 1. The average Bonchev–Trinajstić information content (AvgIpc) is 2.66. The molecule has 2 N–H and O–H groups in total. The summed E-state index contributed by atoms with van der Waals surface area (Å²) in [5.74, 6) is -0.210. The first-order valence-electron chi connectivity index (χ1n) is 9.60. The van der Waals surface area contributed by atoms with E-state index in [0.29, 0.717) is 18.8 Å². The number of amides is 1. The highest BCUT2D eigenvalue weighted by Crippen LogP contribution is 2.22. The number of nitrogens with one attached hydrogen (secondary N) is 2. The Morgan fingerprint density at radius 3 is 2.34 bits per heavy atom. The lowest BCUT2D eigenvalue weighted by atomic mass is 10.2. The van der Waals surface area contributed by atoms with Crippen LogP contribution in [0.1, 0.15) is 19.4 Å². The lowest BCUT2D eigenvalue weighted by Crippen LogP contribution is -2.48. The number of carbonyl (C=O) groups is 1. The van der Waals surface area contributed by atoms with Crippen LogP contribution in [0.5, 0.6) is 0 Å². The molecule has 1 fully saturated rings. The van der Waals surface area contributed by atoms with Crippen molar-refractivity contribution in [1.82, 2.24) is 4.31 Å². The van der Waals surface area contributed by atoms with Gasteiger partial charge in [-0.15, -0.1) is 0 Å². The molecular formula is C21H27N3O4S. The minimum atomic E-state index is -3.60. The van der Waals surface area contributed by atoms with E-state index in [1.165, 1.54) is 16.4 Å². The van der Waals surface area contributed by atoms with Gasteiger partial charge in [0.25, 0.3) is 0 Å². The zero-order valence-electron chi connectivity index (χ0n) is 16.9. The van der Waals surface area contributed by atoms with Crippen molar-refractivity contribution in [2.45, 2.75) is 37.9 Å². The second-order valence-electron chi connectivity index (χ2n) is 7.37. The first kappa shape index (κ1) is 21.3. The predicted molar refractivity (Wildman–Crippen MR) is 114 cm³/mol. The molecule has 29 heavy (non-hydrogen) atoms. The molecule has 1 aliphatic rings. The maximum Gasteiger partial charge on any atom is 0.243 e. The van der Waals surface area contributed by atoms with Crippen LogP contribution in [0.15, 0.2) is 53.4 Å². The molecule has 1 saturated heterocycles. The summed E-state index contributed by atoms with van der Waals surface area (Å²) in [6, 6.07) is 14.0. The molecule has 0 spiro atoms. The van der Waals surface area contributed by atoms with Gasteiger partial charge < -0.3 is 15.4 Å². The summed E-state index contributed by atoms with van der Waals surface area (Å²) in [4.78, 5) is 12.4. The van der Waals surface area contributed by atoms with E-state index in [4.69, 9.17) is 4.74 Å². The molecule has 2 unspecified atom stereocenters. The van der Waals surface area contributed by atoms with Gasteiger partial charge in [0.1, 0.15) is 0 Å². The van der Waals surface area contributed by atoms with Crippen molar-refractivity contribution in [3.63, 3.8) is 0 Å². The Morgan fingerprint density at radius 1 is 1.07 bits per heavy atom. The van der Waals surface area contributed by atoms with Gasteiger partial charge in [-0.1, -0.05) is 12.1 Å². The number of aryl methyl sites for hydroxylation is 1. The zero-order valence-corrected chi connectivity index (χ0v) is 17.7. The lowest BCUT2D eigenvalue weighted by Gasteiger charge is -2.34. The Labute approximate surface area is 172 Å². The van der Waals surface area contributed by atoms with E-state index in [0.717, 1.165) is 11.3 Å². The Morgan fingerprint density at radius 2 is 1.72 bits per heavy atom. The van der Waals surface area contributed by atoms with E-state index >= 15 is 0 Å². The molecule has 0 saturated carbocycles. The molecule has 156 valence electrons. The summed E-state index contributed by atoms with van der Waals surface area (Å²) < 4.78 is 32.8. The van der Waals surface area contributed by atoms with Gasteiger partial charge in [0.2, 0.25) is 15.9 Å². The third-order valence-electron chi connectivity index (χ3n) is 4.63. The van der Waals surface area contributed by atoms with E-state index in [1.54, 1.807) is 12.1 Å². The number of rotatable bonds is 6. The van der Waals surface area contributed by atoms with Crippen LogP contribution in [0, 0.1) is 6.92 Å². The van der Waals surface area contributed by atoms with Crippen molar-refractivity contribution in [3.8, 4) is 0 Å². The van der Waals surface area contributed by atoms with Crippen molar-refractivity contribution in [3.05, 3.63) is 54.1 Å². The third kappa shape index (κ3) is 5.56. The standard InChI is InChI=1S/C21H27N3O4S/c1-15-5-4-6-19(11-15)22-12-21(25)23-18-7-9-20(10-8-18)29(26,27)24-13-16(2)28-17(3)14-24/h4-11,16-17,22H,12-14H2,1-3H3,(H,23,25). The summed E-state index contributed by atoms with van der Waals surface area (Å²) in [7, 11) is -3.60. The number of nitrogens with zero attached hydrogens (tertiary/aromatic N) is 1. The monoisotopic (exact) mass is 417 g/mol. The SMILES string of the molecule is Cc1cccc(NCC(=O)Nc2ccc(S(=O)(=O)N3CC(C)OC(C)C3)cc2)c1. The molecule has 8 heteroatoms. The Balaban J connectivity index is 1.60.